The summed E-state index contributed by atoms with van der Waals surface area (Å²) >= 11 is 0. The average Bonchev–Trinajstić information content (AvgIpc) is 2.93. The van der Waals surface area contributed by atoms with Crippen LogP contribution in [0.25, 0.3) is 0 Å². The molecule has 0 amide bonds. The van der Waals surface area contributed by atoms with Crippen molar-refractivity contribution in [2.75, 3.05) is 14.2 Å². The van der Waals surface area contributed by atoms with Gasteiger partial charge in [0.05, 0.1) is 26.0 Å². The minimum atomic E-state index is -1.46. The van der Waals surface area contributed by atoms with E-state index in [0.717, 1.165) is 6.42 Å². The maximum absolute atomic E-state index is 10.5. The molecule has 0 saturated carbocycles. The van der Waals surface area contributed by atoms with Crippen molar-refractivity contribution in [3.63, 3.8) is 0 Å². The van der Waals surface area contributed by atoms with Gasteiger partial charge in [-0.15, -0.1) is 0 Å². The first kappa shape index (κ1) is 33.6. The highest BCUT2D eigenvalue weighted by molar-refractivity contribution is 5.54. The van der Waals surface area contributed by atoms with E-state index in [0.29, 0.717) is 35.3 Å². The number of aromatic nitrogens is 1. The normalized spacial score (nSPS) is 26.1. The quantitative estimate of drug-likeness (QED) is 0.236. The molecule has 1 aliphatic rings. The van der Waals surface area contributed by atoms with Crippen LogP contribution in [-0.4, -0.2) is 65.2 Å². The predicted molar refractivity (Wildman–Crippen MR) is 158 cm³/mol. The molecule has 1 aliphatic heterocycles. The molecule has 0 aromatic carbocycles. The van der Waals surface area contributed by atoms with E-state index in [1.165, 1.54) is 30.9 Å². The van der Waals surface area contributed by atoms with Gasteiger partial charge in [0, 0.05) is 12.0 Å². The number of aliphatic hydroxyl groups is 3. The Bertz CT molecular complexity index is 1110. The number of allylic oxidation sites excluding steroid dienone is 8. The largest absolute Gasteiger partial charge is 0.489 e. The number of ether oxygens (including phenoxy) is 4. The first-order valence-electron chi connectivity index (χ1n) is 14.0. The fourth-order valence-electron chi connectivity index (χ4n) is 4.62. The van der Waals surface area contributed by atoms with E-state index in [1.807, 2.05) is 6.92 Å². The van der Waals surface area contributed by atoms with Crippen LogP contribution in [-0.2, 0) is 11.2 Å². The Morgan fingerprint density at radius 1 is 1.02 bits per heavy atom. The van der Waals surface area contributed by atoms with Gasteiger partial charge in [-0.05, 0) is 59.8 Å². The minimum Gasteiger partial charge on any atom is -0.489 e. The maximum Gasteiger partial charge on any atom is 0.261 e. The van der Waals surface area contributed by atoms with Crippen molar-refractivity contribution in [1.29, 1.82) is 0 Å². The summed E-state index contributed by atoms with van der Waals surface area (Å²) < 4.78 is 22.7. The summed E-state index contributed by atoms with van der Waals surface area (Å²) in [6.07, 6.45) is 6.24. The summed E-state index contributed by atoms with van der Waals surface area (Å²) in [6.45, 7) is 16.4. The molecule has 3 N–H and O–H groups in total. The number of rotatable bonds is 12. The van der Waals surface area contributed by atoms with Gasteiger partial charge in [0.2, 0.25) is 12.0 Å². The van der Waals surface area contributed by atoms with Crippen LogP contribution in [0.5, 0.6) is 17.4 Å². The lowest BCUT2D eigenvalue weighted by Crippen LogP contribution is -2.58. The summed E-state index contributed by atoms with van der Waals surface area (Å²) in [5.74, 6) is 1.76. The Balaban J connectivity index is 2.20. The van der Waals surface area contributed by atoms with E-state index < -0.39 is 30.7 Å². The average molecular weight is 560 g/mol. The monoisotopic (exact) mass is 559 g/mol. The highest BCUT2D eigenvalue weighted by Crippen LogP contribution is 2.41. The standard InChI is InChI=1S/C32H49NO7/c1-11-20(4)22(6)21(5)17-19(3)14-12-13-18(2)15-16-25-23(7)29(30(37-9)31(33-25)38-10)40-32-28(36)27(35)26(34)24(8)39-32/h11-12,14-15,17,21-22,24,26-28,32,34-36H,13,16H2,1-10H3. The van der Waals surface area contributed by atoms with Crippen LogP contribution in [0, 0.1) is 18.8 Å². The zero-order valence-corrected chi connectivity index (χ0v) is 25.8. The van der Waals surface area contributed by atoms with E-state index >= 15 is 0 Å². The van der Waals surface area contributed by atoms with Crippen LogP contribution < -0.4 is 14.2 Å². The molecule has 224 valence electrons. The molecule has 7 unspecified atom stereocenters. The summed E-state index contributed by atoms with van der Waals surface area (Å²) in [7, 11) is 2.96. The Morgan fingerprint density at radius 3 is 2.30 bits per heavy atom. The second-order valence-electron chi connectivity index (χ2n) is 10.8. The SMILES string of the molecule is CC=C(C)C(C)C(C)C=C(C)C=CCC(C)=CCc1nc(OC)c(OC)c(OC2OC(C)C(O)C(O)C2O)c1C. The third-order valence-corrected chi connectivity index (χ3v) is 7.80. The smallest absolute Gasteiger partial charge is 0.261 e. The summed E-state index contributed by atoms with van der Waals surface area (Å²) in [6, 6.07) is 0. The molecule has 40 heavy (non-hydrogen) atoms. The van der Waals surface area contributed by atoms with E-state index in [9.17, 15) is 15.3 Å². The van der Waals surface area contributed by atoms with Crippen LogP contribution in [0.4, 0.5) is 0 Å². The highest BCUT2D eigenvalue weighted by Gasteiger charge is 2.43. The summed E-state index contributed by atoms with van der Waals surface area (Å²) in [5, 5.41) is 30.7. The van der Waals surface area contributed by atoms with Gasteiger partial charge in [-0.25, -0.2) is 4.98 Å². The third-order valence-electron chi connectivity index (χ3n) is 7.80. The molecule has 8 heteroatoms. The minimum absolute atomic E-state index is 0.236. The van der Waals surface area contributed by atoms with Crippen molar-refractivity contribution in [2.24, 2.45) is 11.8 Å². The van der Waals surface area contributed by atoms with Gasteiger partial charge < -0.3 is 34.3 Å². The van der Waals surface area contributed by atoms with Crippen molar-refractivity contribution in [3.8, 4) is 17.4 Å². The maximum atomic E-state index is 10.5. The van der Waals surface area contributed by atoms with Crippen molar-refractivity contribution in [1.82, 2.24) is 4.98 Å². The van der Waals surface area contributed by atoms with Crippen molar-refractivity contribution < 1.29 is 34.3 Å². The van der Waals surface area contributed by atoms with Crippen molar-refractivity contribution in [2.45, 2.75) is 98.9 Å². The number of aliphatic hydroxyl groups excluding tert-OH is 3. The molecule has 1 fully saturated rings. The van der Waals surface area contributed by atoms with Gasteiger partial charge in [0.1, 0.15) is 18.3 Å². The Kier molecular flexibility index (Phi) is 12.9. The molecule has 2 heterocycles. The van der Waals surface area contributed by atoms with Crippen LogP contribution in [0.1, 0.15) is 66.1 Å². The molecule has 1 aromatic rings. The Labute approximate surface area is 240 Å². The molecule has 0 aliphatic carbocycles. The molecule has 1 aromatic heterocycles. The molecule has 2 rings (SSSR count). The summed E-state index contributed by atoms with van der Waals surface area (Å²) in [5.41, 5.74) is 5.24. The summed E-state index contributed by atoms with van der Waals surface area (Å²) in [4.78, 5) is 4.63. The van der Waals surface area contributed by atoms with Crippen molar-refractivity contribution >= 4 is 0 Å². The van der Waals surface area contributed by atoms with Crippen LogP contribution >= 0.6 is 0 Å². The fourth-order valence-corrected chi connectivity index (χ4v) is 4.62. The molecular weight excluding hydrogens is 510 g/mol. The molecule has 7 atom stereocenters. The Hall–Kier alpha value is -2.65. The zero-order chi connectivity index (χ0) is 30.1. The third kappa shape index (κ3) is 8.43. The second-order valence-corrected chi connectivity index (χ2v) is 10.8. The predicted octanol–water partition coefficient (Wildman–Crippen LogP) is 5.23. The first-order chi connectivity index (χ1) is 18.9. The number of hydrogen-bond donors (Lipinski definition) is 3. The van der Waals surface area contributed by atoms with E-state index in [-0.39, 0.29) is 11.6 Å². The second kappa shape index (κ2) is 15.4. The Morgan fingerprint density at radius 2 is 1.70 bits per heavy atom. The van der Waals surface area contributed by atoms with Gasteiger partial charge in [-0.2, -0.15) is 0 Å². The lowest BCUT2D eigenvalue weighted by atomic mass is 9.88. The number of nitrogens with zero attached hydrogens (tertiary/aromatic N) is 1. The molecule has 8 nitrogen and oxygen atoms in total. The first-order valence-corrected chi connectivity index (χ1v) is 14.0. The number of methoxy groups -OCH3 is 2. The van der Waals surface area contributed by atoms with E-state index in [2.05, 4.69) is 76.9 Å². The van der Waals surface area contributed by atoms with Gasteiger partial charge in [0.15, 0.2) is 5.75 Å². The fraction of sp³-hybridized carbons (Fsp3) is 0.594. The van der Waals surface area contributed by atoms with Crippen molar-refractivity contribution in [3.05, 3.63) is 58.4 Å². The number of hydrogen-bond acceptors (Lipinski definition) is 8. The molecule has 1 saturated heterocycles. The zero-order valence-electron chi connectivity index (χ0n) is 25.8. The van der Waals surface area contributed by atoms with Gasteiger partial charge in [0.25, 0.3) is 5.88 Å². The topological polar surface area (TPSA) is 111 Å². The molecule has 0 spiro atoms. The van der Waals surface area contributed by atoms with Crippen LogP contribution in [0.2, 0.25) is 0 Å². The molecular formula is C32H49NO7. The van der Waals surface area contributed by atoms with Gasteiger partial charge in [-0.1, -0.05) is 60.9 Å². The lowest BCUT2D eigenvalue weighted by molar-refractivity contribution is -0.268. The highest BCUT2D eigenvalue weighted by atomic mass is 16.7. The van der Waals surface area contributed by atoms with Crippen LogP contribution in [0.15, 0.2) is 47.1 Å². The van der Waals surface area contributed by atoms with E-state index in [1.54, 1.807) is 6.92 Å². The molecule has 0 bridgehead atoms. The molecule has 0 radical (unpaired) electrons. The number of pyridine rings is 1. The van der Waals surface area contributed by atoms with Gasteiger partial charge in [-0.3, -0.25) is 0 Å². The lowest BCUT2D eigenvalue weighted by Gasteiger charge is -2.39. The van der Waals surface area contributed by atoms with Crippen LogP contribution in [0.3, 0.4) is 0 Å². The van der Waals surface area contributed by atoms with E-state index in [4.69, 9.17) is 18.9 Å². The van der Waals surface area contributed by atoms with Gasteiger partial charge >= 0.3 is 0 Å².